The van der Waals surface area contributed by atoms with Gasteiger partial charge in [0.15, 0.2) is 0 Å². The molecule has 0 aromatic heterocycles. The number of amides is 1. The first-order chi connectivity index (χ1) is 10.1. The molecule has 2 aromatic carbocycles. The van der Waals surface area contributed by atoms with Crippen molar-refractivity contribution in [1.29, 1.82) is 0 Å². The number of anilines is 2. The third-order valence-electron chi connectivity index (χ3n) is 3.42. The van der Waals surface area contributed by atoms with Gasteiger partial charge in [-0.05, 0) is 38.1 Å². The first-order valence-corrected chi connectivity index (χ1v) is 6.89. The second-order valence-electron chi connectivity index (χ2n) is 4.81. The molecule has 0 aliphatic heterocycles. The number of carbonyl (C=O) groups excluding carboxylic acids is 1. The molecule has 4 nitrogen and oxygen atoms in total. The molecule has 0 aliphatic rings. The van der Waals surface area contributed by atoms with Crippen LogP contribution < -0.4 is 15.4 Å². The summed E-state index contributed by atoms with van der Waals surface area (Å²) in [5.74, 6) is 0.388. The van der Waals surface area contributed by atoms with Gasteiger partial charge < -0.3 is 15.4 Å². The topological polar surface area (TPSA) is 55.6 Å². The van der Waals surface area contributed by atoms with Crippen molar-refractivity contribution < 1.29 is 9.53 Å². The Morgan fingerprint density at radius 2 is 1.86 bits per heavy atom. The summed E-state index contributed by atoms with van der Waals surface area (Å²) in [5, 5.41) is 0. The van der Waals surface area contributed by atoms with Crippen LogP contribution in [0.25, 0.3) is 0 Å². The van der Waals surface area contributed by atoms with E-state index in [0.29, 0.717) is 23.5 Å². The molecule has 4 heteroatoms. The number of aryl methyl sites for hydroxylation is 1. The van der Waals surface area contributed by atoms with Gasteiger partial charge in [-0.1, -0.05) is 23.8 Å². The first-order valence-electron chi connectivity index (χ1n) is 6.89. The van der Waals surface area contributed by atoms with Crippen molar-refractivity contribution in [3.05, 3.63) is 53.6 Å². The third-order valence-corrected chi connectivity index (χ3v) is 3.42. The van der Waals surface area contributed by atoms with E-state index in [-0.39, 0.29) is 5.91 Å². The maximum atomic E-state index is 12.7. The Morgan fingerprint density at radius 1 is 1.19 bits per heavy atom. The molecule has 0 fully saturated rings. The number of para-hydroxylation sites is 1. The van der Waals surface area contributed by atoms with E-state index in [1.807, 2.05) is 38.1 Å². The third kappa shape index (κ3) is 2.99. The van der Waals surface area contributed by atoms with Crippen LogP contribution >= 0.6 is 0 Å². The fourth-order valence-corrected chi connectivity index (χ4v) is 2.22. The number of benzene rings is 2. The number of rotatable bonds is 4. The zero-order valence-corrected chi connectivity index (χ0v) is 12.6. The number of nitrogens with zero attached hydrogens (tertiary/aromatic N) is 1. The van der Waals surface area contributed by atoms with Gasteiger partial charge in [-0.15, -0.1) is 0 Å². The summed E-state index contributed by atoms with van der Waals surface area (Å²) in [6, 6.07) is 13.1. The number of hydrogen-bond acceptors (Lipinski definition) is 3. The van der Waals surface area contributed by atoms with Gasteiger partial charge >= 0.3 is 0 Å². The molecule has 2 N–H and O–H groups in total. The second kappa shape index (κ2) is 6.31. The summed E-state index contributed by atoms with van der Waals surface area (Å²) in [7, 11) is 1.54. The number of ether oxygens (including phenoxy) is 1. The molecule has 0 unspecified atom stereocenters. The molecule has 0 heterocycles. The molecule has 2 aromatic rings. The number of hydrogen-bond donors (Lipinski definition) is 1. The van der Waals surface area contributed by atoms with Crippen molar-refractivity contribution >= 4 is 17.3 Å². The predicted octanol–water partition coefficient (Wildman–Crippen LogP) is 3.25. The van der Waals surface area contributed by atoms with E-state index in [0.717, 1.165) is 11.3 Å². The van der Waals surface area contributed by atoms with Gasteiger partial charge in [0.2, 0.25) is 0 Å². The lowest BCUT2D eigenvalue weighted by Gasteiger charge is -2.22. The molecule has 0 bridgehead atoms. The van der Waals surface area contributed by atoms with E-state index in [9.17, 15) is 4.79 Å². The Morgan fingerprint density at radius 3 is 2.43 bits per heavy atom. The zero-order valence-electron chi connectivity index (χ0n) is 12.6. The lowest BCUT2D eigenvalue weighted by molar-refractivity contribution is 0.0989. The van der Waals surface area contributed by atoms with Gasteiger partial charge in [0.25, 0.3) is 5.91 Å². The quantitative estimate of drug-likeness (QED) is 0.877. The highest BCUT2D eigenvalue weighted by atomic mass is 16.5. The van der Waals surface area contributed by atoms with Gasteiger partial charge in [-0.25, -0.2) is 0 Å². The van der Waals surface area contributed by atoms with E-state index in [1.165, 1.54) is 7.11 Å². The molecule has 1 amide bonds. The average molecular weight is 284 g/mol. The van der Waals surface area contributed by atoms with Crippen molar-refractivity contribution in [3.8, 4) is 5.75 Å². The molecule has 0 atom stereocenters. The summed E-state index contributed by atoms with van der Waals surface area (Å²) >= 11 is 0. The van der Waals surface area contributed by atoms with Crippen molar-refractivity contribution in [2.75, 3.05) is 24.3 Å². The van der Waals surface area contributed by atoms with Gasteiger partial charge in [-0.2, -0.15) is 0 Å². The monoisotopic (exact) mass is 284 g/mol. The molecule has 0 saturated heterocycles. The highest BCUT2D eigenvalue weighted by molar-refractivity contribution is 6.10. The van der Waals surface area contributed by atoms with Crippen molar-refractivity contribution in [3.63, 3.8) is 0 Å². The maximum absolute atomic E-state index is 12.7. The Labute approximate surface area is 125 Å². The fraction of sp³-hybridized carbons (Fsp3) is 0.235. The molecule has 0 radical (unpaired) electrons. The number of methoxy groups -OCH3 is 1. The normalized spacial score (nSPS) is 10.2. The lowest BCUT2D eigenvalue weighted by atomic mass is 10.1. The minimum atomic E-state index is -0.127. The van der Waals surface area contributed by atoms with Gasteiger partial charge in [0.1, 0.15) is 5.75 Å². The molecule has 110 valence electrons. The molecule has 0 spiro atoms. The van der Waals surface area contributed by atoms with Gasteiger partial charge in [0, 0.05) is 12.2 Å². The van der Waals surface area contributed by atoms with E-state index in [1.54, 1.807) is 23.1 Å². The van der Waals surface area contributed by atoms with Crippen molar-refractivity contribution in [2.24, 2.45) is 0 Å². The van der Waals surface area contributed by atoms with Crippen molar-refractivity contribution in [1.82, 2.24) is 0 Å². The SMILES string of the molecule is CCN(C(=O)c1cccc(OC)c1N)c1ccc(C)cc1. The highest BCUT2D eigenvalue weighted by Gasteiger charge is 2.19. The fourth-order valence-electron chi connectivity index (χ4n) is 2.22. The highest BCUT2D eigenvalue weighted by Crippen LogP contribution is 2.27. The van der Waals surface area contributed by atoms with Crippen molar-refractivity contribution in [2.45, 2.75) is 13.8 Å². The lowest BCUT2D eigenvalue weighted by Crippen LogP contribution is -2.31. The smallest absolute Gasteiger partial charge is 0.260 e. The van der Waals surface area contributed by atoms with E-state index in [2.05, 4.69) is 0 Å². The minimum Gasteiger partial charge on any atom is -0.495 e. The Kier molecular flexibility index (Phi) is 4.48. The molecule has 21 heavy (non-hydrogen) atoms. The second-order valence-corrected chi connectivity index (χ2v) is 4.81. The minimum absolute atomic E-state index is 0.127. The van der Waals surface area contributed by atoms with Gasteiger partial charge in [-0.3, -0.25) is 4.79 Å². The zero-order chi connectivity index (χ0) is 15.4. The largest absolute Gasteiger partial charge is 0.495 e. The standard InChI is InChI=1S/C17H20N2O2/c1-4-19(13-10-8-12(2)9-11-13)17(20)14-6-5-7-15(21-3)16(14)18/h5-11H,4,18H2,1-3H3. The number of nitrogen functional groups attached to an aromatic ring is 1. The number of carbonyl (C=O) groups is 1. The number of nitrogens with two attached hydrogens (primary N) is 1. The van der Waals surface area contributed by atoms with E-state index >= 15 is 0 Å². The molecular formula is C17H20N2O2. The summed E-state index contributed by atoms with van der Waals surface area (Å²) in [5.41, 5.74) is 8.86. The summed E-state index contributed by atoms with van der Waals surface area (Å²) in [6.07, 6.45) is 0. The van der Waals surface area contributed by atoms with Crippen LogP contribution in [-0.4, -0.2) is 19.6 Å². The summed E-state index contributed by atoms with van der Waals surface area (Å²) < 4.78 is 5.17. The molecule has 2 rings (SSSR count). The first kappa shape index (κ1) is 14.9. The van der Waals surface area contributed by atoms with Crippen LogP contribution in [0.1, 0.15) is 22.8 Å². The van der Waals surface area contributed by atoms with Crippen LogP contribution in [0.3, 0.4) is 0 Å². The average Bonchev–Trinajstić information content (AvgIpc) is 2.50. The summed E-state index contributed by atoms with van der Waals surface area (Å²) in [4.78, 5) is 14.4. The Bertz CT molecular complexity index is 636. The van der Waals surface area contributed by atoms with E-state index < -0.39 is 0 Å². The Hall–Kier alpha value is -2.49. The van der Waals surface area contributed by atoms with Crippen LogP contribution in [0.15, 0.2) is 42.5 Å². The maximum Gasteiger partial charge on any atom is 0.260 e. The van der Waals surface area contributed by atoms with Crippen LogP contribution in [-0.2, 0) is 0 Å². The van der Waals surface area contributed by atoms with Crippen LogP contribution in [0.4, 0.5) is 11.4 Å². The van der Waals surface area contributed by atoms with Crippen LogP contribution in [0, 0.1) is 6.92 Å². The Balaban J connectivity index is 2.39. The molecule has 0 saturated carbocycles. The molecule has 0 aliphatic carbocycles. The predicted molar refractivity (Wildman–Crippen MR) is 85.9 cm³/mol. The molecular weight excluding hydrogens is 264 g/mol. The van der Waals surface area contributed by atoms with E-state index in [4.69, 9.17) is 10.5 Å². The van der Waals surface area contributed by atoms with Crippen LogP contribution in [0.5, 0.6) is 5.75 Å². The van der Waals surface area contributed by atoms with Gasteiger partial charge in [0.05, 0.1) is 18.4 Å². The summed E-state index contributed by atoms with van der Waals surface area (Å²) in [6.45, 7) is 4.52. The van der Waals surface area contributed by atoms with Crippen LogP contribution in [0.2, 0.25) is 0 Å².